The van der Waals surface area contributed by atoms with Gasteiger partial charge in [0.1, 0.15) is 5.60 Å². The minimum atomic E-state index is -0.651. The first-order valence-electron chi connectivity index (χ1n) is 16.3. The summed E-state index contributed by atoms with van der Waals surface area (Å²) in [4.78, 5) is 0. The Labute approximate surface area is 270 Å². The molecule has 0 radical (unpaired) electrons. The zero-order chi connectivity index (χ0) is 31.2. The van der Waals surface area contributed by atoms with Crippen LogP contribution >= 0.6 is 0 Å². The van der Waals surface area contributed by atoms with Crippen molar-refractivity contribution in [3.8, 4) is 11.4 Å². The van der Waals surface area contributed by atoms with Crippen molar-refractivity contribution < 1.29 is 13.7 Å². The van der Waals surface area contributed by atoms with E-state index in [0.29, 0.717) is 0 Å². The Morgan fingerprint density at radius 2 is 1.09 bits per heavy atom. The van der Waals surface area contributed by atoms with E-state index in [-0.39, 0.29) is 0 Å². The first kappa shape index (κ1) is 25.8. The van der Waals surface area contributed by atoms with Gasteiger partial charge in [0.15, 0.2) is 11.2 Å². The van der Waals surface area contributed by atoms with Gasteiger partial charge in [-0.2, -0.15) is 0 Å². The Bertz CT molecular complexity index is 2770. The molecular formula is C41H29BN2O3. The number of hydrogen-bond acceptors (Lipinski definition) is 3. The molecule has 9 aromatic rings. The van der Waals surface area contributed by atoms with E-state index in [0.717, 1.165) is 66.4 Å². The zero-order valence-electron chi connectivity index (χ0n) is 26.2. The lowest BCUT2D eigenvalue weighted by Gasteiger charge is -2.37. The molecule has 47 heavy (non-hydrogen) atoms. The fourth-order valence-electron chi connectivity index (χ4n) is 8.44. The lowest BCUT2D eigenvalue weighted by atomic mass is 9.77. The van der Waals surface area contributed by atoms with Crippen LogP contribution in [0, 0.1) is 0 Å². The van der Waals surface area contributed by atoms with Gasteiger partial charge in [-0.15, -0.1) is 0 Å². The van der Waals surface area contributed by atoms with Gasteiger partial charge >= 0.3 is 7.12 Å². The number of para-hydroxylation sites is 4. The first-order chi connectivity index (χ1) is 22.9. The highest BCUT2D eigenvalue weighted by Gasteiger charge is 2.57. The van der Waals surface area contributed by atoms with Crippen LogP contribution in [0.2, 0.25) is 0 Å². The SMILES string of the molecule is CC1(C)OB2OC1(C)c1ccc3c4ccccc4n(c3c1)-c1c2ccc2c1oc1c(-n3c4ccccc4c4ccccc43)cccc12. The van der Waals surface area contributed by atoms with Crippen LogP contribution in [0.4, 0.5) is 0 Å². The Balaban J connectivity index is 1.31. The molecule has 6 aromatic carbocycles. The van der Waals surface area contributed by atoms with Crippen molar-refractivity contribution in [1.29, 1.82) is 0 Å². The Morgan fingerprint density at radius 3 is 1.79 bits per heavy atom. The summed E-state index contributed by atoms with van der Waals surface area (Å²) < 4.78 is 25.7. The lowest BCUT2D eigenvalue weighted by molar-refractivity contribution is -0.0132. The summed E-state index contributed by atoms with van der Waals surface area (Å²) in [5.74, 6) is 0. The third-order valence-corrected chi connectivity index (χ3v) is 11.1. The number of furan rings is 1. The molecule has 0 N–H and O–H groups in total. The maximum absolute atomic E-state index is 7.19. The average molecular weight is 609 g/mol. The number of hydrogen-bond donors (Lipinski definition) is 0. The second-order valence-electron chi connectivity index (χ2n) is 13.7. The molecule has 0 amide bonds. The van der Waals surface area contributed by atoms with Crippen LogP contribution in [0.1, 0.15) is 26.3 Å². The minimum absolute atomic E-state index is 0.566. The Kier molecular flexibility index (Phi) is 4.69. The van der Waals surface area contributed by atoms with E-state index in [1.807, 2.05) is 0 Å². The van der Waals surface area contributed by atoms with E-state index in [4.69, 9.17) is 13.7 Å². The van der Waals surface area contributed by atoms with Gasteiger partial charge in [0.25, 0.3) is 0 Å². The van der Waals surface area contributed by atoms with Crippen molar-refractivity contribution in [2.45, 2.75) is 32.0 Å². The molecule has 2 aliphatic rings. The van der Waals surface area contributed by atoms with Gasteiger partial charge in [0.05, 0.1) is 39.0 Å². The van der Waals surface area contributed by atoms with E-state index in [1.165, 1.54) is 21.5 Å². The van der Waals surface area contributed by atoms with Crippen LogP contribution in [0.25, 0.3) is 76.9 Å². The first-order valence-corrected chi connectivity index (χ1v) is 16.3. The van der Waals surface area contributed by atoms with Crippen molar-refractivity contribution in [3.63, 3.8) is 0 Å². The average Bonchev–Trinajstić information content (AvgIpc) is 3.80. The highest BCUT2D eigenvalue weighted by Crippen LogP contribution is 2.49. The molecule has 11 rings (SSSR count). The Morgan fingerprint density at radius 1 is 0.511 bits per heavy atom. The largest absolute Gasteiger partial charge is 0.497 e. The molecule has 224 valence electrons. The highest BCUT2D eigenvalue weighted by molar-refractivity contribution is 6.64. The normalized spacial score (nSPS) is 18.6. The standard InChI is InChI=1S/C41H29BN2O3/c1-40(2)41(3)24-19-20-28-27-13-6-9-17-34(27)44(36(28)23-24)37-31(42(46-40)47-41)22-21-30-29-14-10-18-35(38(29)45-39(30)37)43-32-15-7-4-11-25(32)26-12-5-8-16-33(26)43/h4-23H,1-3H3. The van der Waals surface area contributed by atoms with E-state index >= 15 is 0 Å². The second-order valence-corrected chi connectivity index (χ2v) is 13.7. The monoisotopic (exact) mass is 608 g/mol. The van der Waals surface area contributed by atoms with Gasteiger partial charge in [-0.05, 0) is 56.7 Å². The predicted octanol–water partition coefficient (Wildman–Crippen LogP) is 9.53. The third-order valence-electron chi connectivity index (χ3n) is 11.1. The van der Waals surface area contributed by atoms with Crippen molar-refractivity contribution in [2.75, 3.05) is 0 Å². The van der Waals surface area contributed by atoms with E-state index in [2.05, 4.69) is 151 Å². The number of benzene rings is 6. The van der Waals surface area contributed by atoms with Crippen LogP contribution in [0.5, 0.6) is 0 Å². The molecule has 6 heteroatoms. The topological polar surface area (TPSA) is 41.5 Å². The maximum atomic E-state index is 7.19. The zero-order valence-corrected chi connectivity index (χ0v) is 26.2. The van der Waals surface area contributed by atoms with E-state index < -0.39 is 18.3 Å². The quantitative estimate of drug-likeness (QED) is 0.174. The number of fused-ring (bicyclic) bond motifs is 17. The molecular weight excluding hydrogens is 579 g/mol. The maximum Gasteiger partial charge on any atom is 0.497 e. The molecule has 2 aliphatic heterocycles. The van der Waals surface area contributed by atoms with Crippen LogP contribution < -0.4 is 5.46 Å². The minimum Gasteiger partial charge on any atom is -0.452 e. The fraction of sp³-hybridized carbons (Fsp3) is 0.122. The molecule has 1 saturated heterocycles. The van der Waals surface area contributed by atoms with Gasteiger partial charge in [-0.25, -0.2) is 0 Å². The summed E-state index contributed by atoms with van der Waals surface area (Å²) in [7, 11) is -0.579. The molecule has 1 atom stereocenters. The van der Waals surface area contributed by atoms with E-state index in [9.17, 15) is 0 Å². The van der Waals surface area contributed by atoms with Crippen LogP contribution in [-0.4, -0.2) is 21.9 Å². The van der Waals surface area contributed by atoms with Crippen molar-refractivity contribution >= 4 is 78.1 Å². The van der Waals surface area contributed by atoms with Gasteiger partial charge in [-0.1, -0.05) is 91.0 Å². The summed E-state index contributed by atoms with van der Waals surface area (Å²) in [6.45, 7) is 6.42. The number of rotatable bonds is 1. The van der Waals surface area contributed by atoms with Gasteiger partial charge in [-0.3, -0.25) is 0 Å². The molecule has 0 saturated carbocycles. The Hall–Kier alpha value is -5.30. The van der Waals surface area contributed by atoms with Crippen LogP contribution in [0.15, 0.2) is 126 Å². The van der Waals surface area contributed by atoms with Gasteiger partial charge < -0.3 is 22.9 Å². The summed E-state index contributed by atoms with van der Waals surface area (Å²) >= 11 is 0. The molecule has 5 nitrogen and oxygen atoms in total. The van der Waals surface area contributed by atoms with Crippen molar-refractivity contribution in [1.82, 2.24) is 9.13 Å². The third kappa shape index (κ3) is 3.08. The summed E-state index contributed by atoms with van der Waals surface area (Å²) in [5.41, 5.74) is 9.04. The molecule has 1 unspecified atom stereocenters. The van der Waals surface area contributed by atoms with Crippen LogP contribution in [0.3, 0.4) is 0 Å². The second kappa shape index (κ2) is 8.54. The van der Waals surface area contributed by atoms with Crippen molar-refractivity contribution in [2.24, 2.45) is 0 Å². The predicted molar refractivity (Wildman–Crippen MR) is 191 cm³/mol. The lowest BCUT2D eigenvalue weighted by Crippen LogP contribution is -2.42. The molecule has 0 spiro atoms. The van der Waals surface area contributed by atoms with Gasteiger partial charge in [0, 0.05) is 37.8 Å². The summed E-state index contributed by atoms with van der Waals surface area (Å²) in [6.07, 6.45) is 0. The molecule has 4 bridgehead atoms. The molecule has 0 aliphatic carbocycles. The summed E-state index contributed by atoms with van der Waals surface area (Å²) in [5, 5.41) is 6.98. The number of nitrogens with zero attached hydrogens (tertiary/aromatic N) is 2. The molecule has 3 aromatic heterocycles. The van der Waals surface area contributed by atoms with E-state index in [1.54, 1.807) is 0 Å². The highest BCUT2D eigenvalue weighted by atomic mass is 16.7. The fourth-order valence-corrected chi connectivity index (χ4v) is 8.44. The van der Waals surface area contributed by atoms with Crippen molar-refractivity contribution in [3.05, 3.63) is 127 Å². The number of aromatic nitrogens is 2. The molecule has 5 heterocycles. The smallest absolute Gasteiger partial charge is 0.452 e. The molecule has 1 fully saturated rings. The van der Waals surface area contributed by atoms with Gasteiger partial charge in [0.2, 0.25) is 0 Å². The summed E-state index contributed by atoms with van der Waals surface area (Å²) in [6, 6.07) is 43.5. The van der Waals surface area contributed by atoms with Crippen LogP contribution in [-0.2, 0) is 14.9 Å².